The van der Waals surface area contributed by atoms with Crippen LogP contribution >= 0.6 is 0 Å². The molecule has 0 bridgehead atoms. The number of hydrogen-bond donors (Lipinski definition) is 2. The minimum atomic E-state index is -0.942. The molecule has 5 rings (SSSR count). The highest BCUT2D eigenvalue weighted by Crippen LogP contribution is 2.36. The molecule has 3 aromatic carbocycles. The fourth-order valence-corrected chi connectivity index (χ4v) is 5.80. The molecule has 1 saturated carbocycles. The third kappa shape index (κ3) is 6.38. The van der Waals surface area contributed by atoms with E-state index in [1.165, 1.54) is 6.42 Å². The number of carbonyl (C=O) groups is 2. The Morgan fingerprint density at radius 1 is 0.952 bits per heavy atom. The number of aromatic amines is 1. The minimum Gasteiger partial charge on any atom is -0.494 e. The number of hydrogen-bond acceptors (Lipinski definition) is 5. The summed E-state index contributed by atoms with van der Waals surface area (Å²) in [5.41, 5.74) is 3.05. The molecule has 1 aliphatic carbocycles. The Hall–Kier alpha value is -4.46. The van der Waals surface area contributed by atoms with Crippen molar-refractivity contribution >= 4 is 28.4 Å². The Bertz CT molecular complexity index is 1510. The maximum absolute atomic E-state index is 14.4. The summed E-state index contributed by atoms with van der Waals surface area (Å²) in [7, 11) is 3.13. The molecule has 1 aliphatic rings. The zero-order valence-electron chi connectivity index (χ0n) is 24.5. The third-order valence-corrected chi connectivity index (χ3v) is 7.89. The third-order valence-electron chi connectivity index (χ3n) is 7.89. The number of nitrogens with one attached hydrogen (secondary N) is 2. The number of ether oxygens (including phenoxy) is 3. The molecule has 0 aliphatic heterocycles. The van der Waals surface area contributed by atoms with Crippen LogP contribution in [0.2, 0.25) is 0 Å². The van der Waals surface area contributed by atoms with Crippen LogP contribution in [0.15, 0.2) is 72.9 Å². The number of aromatic nitrogens is 1. The van der Waals surface area contributed by atoms with E-state index in [1.807, 2.05) is 67.7 Å². The molecule has 42 heavy (non-hydrogen) atoms. The van der Waals surface area contributed by atoms with Gasteiger partial charge in [-0.15, -0.1) is 0 Å². The minimum absolute atomic E-state index is 0.0693. The van der Waals surface area contributed by atoms with Gasteiger partial charge >= 0.3 is 0 Å². The van der Waals surface area contributed by atoms with Crippen molar-refractivity contribution in [2.45, 2.75) is 57.5 Å². The first kappa shape index (κ1) is 29.0. The molecule has 2 N–H and O–H groups in total. The average molecular weight is 570 g/mol. The molecule has 8 heteroatoms. The van der Waals surface area contributed by atoms with Crippen LogP contribution in [0.1, 0.15) is 56.2 Å². The van der Waals surface area contributed by atoms with Crippen molar-refractivity contribution in [1.82, 2.24) is 10.3 Å². The molecule has 4 aromatic rings. The summed E-state index contributed by atoms with van der Waals surface area (Å²) in [5.74, 6) is 1.30. The van der Waals surface area contributed by atoms with Gasteiger partial charge in [0.1, 0.15) is 11.8 Å². The standard InChI is InChI=1S/C34H39N3O5/c1-4-42-27-17-15-26(16-18-27)37(32(38)21-24-22-35-29-13-9-8-12-28(24)29)33(34(39)36-25-10-6-5-7-11-25)23-14-19-30(40-2)31(20-23)41-3/h8-9,12-20,22,25,33,35H,4-7,10-11,21H2,1-3H3,(H,36,39). The van der Waals surface area contributed by atoms with E-state index < -0.39 is 6.04 Å². The largest absolute Gasteiger partial charge is 0.494 e. The summed E-state index contributed by atoms with van der Waals surface area (Å²) in [6.45, 7) is 2.45. The molecule has 1 atom stereocenters. The van der Waals surface area contributed by atoms with E-state index >= 15 is 0 Å². The second-order valence-corrected chi connectivity index (χ2v) is 10.6. The summed E-state index contributed by atoms with van der Waals surface area (Å²) in [4.78, 5) is 33.5. The summed E-state index contributed by atoms with van der Waals surface area (Å²) < 4.78 is 16.7. The zero-order chi connectivity index (χ0) is 29.5. The van der Waals surface area contributed by atoms with Crippen LogP contribution in [0.5, 0.6) is 17.2 Å². The Labute approximate surface area is 247 Å². The SMILES string of the molecule is CCOc1ccc(N(C(=O)Cc2c[nH]c3ccccc23)C(C(=O)NC2CCCCC2)c2ccc(OC)c(OC)c2)cc1. The quantitative estimate of drug-likeness (QED) is 0.220. The lowest BCUT2D eigenvalue weighted by atomic mass is 9.94. The van der Waals surface area contributed by atoms with E-state index in [0.29, 0.717) is 35.1 Å². The first-order valence-electron chi connectivity index (χ1n) is 14.6. The van der Waals surface area contributed by atoms with Gasteiger partial charge in [-0.1, -0.05) is 43.5 Å². The molecule has 1 heterocycles. The second-order valence-electron chi connectivity index (χ2n) is 10.6. The average Bonchev–Trinajstić information content (AvgIpc) is 3.43. The van der Waals surface area contributed by atoms with Gasteiger partial charge in [0.05, 0.1) is 27.2 Å². The monoisotopic (exact) mass is 569 g/mol. The number of carbonyl (C=O) groups excluding carboxylic acids is 2. The molecule has 8 nitrogen and oxygen atoms in total. The van der Waals surface area contributed by atoms with Gasteiger partial charge in [-0.05, 0) is 73.4 Å². The van der Waals surface area contributed by atoms with E-state index in [1.54, 1.807) is 31.3 Å². The van der Waals surface area contributed by atoms with Crippen LogP contribution in [0.25, 0.3) is 10.9 Å². The van der Waals surface area contributed by atoms with Gasteiger partial charge in [0.2, 0.25) is 11.8 Å². The van der Waals surface area contributed by atoms with Gasteiger partial charge in [0, 0.05) is 28.8 Å². The van der Waals surface area contributed by atoms with Crippen molar-refractivity contribution in [2.24, 2.45) is 0 Å². The van der Waals surface area contributed by atoms with Crippen molar-refractivity contribution in [2.75, 3.05) is 25.7 Å². The second kappa shape index (κ2) is 13.5. The van der Waals surface area contributed by atoms with Crippen molar-refractivity contribution in [3.63, 3.8) is 0 Å². The van der Waals surface area contributed by atoms with Crippen molar-refractivity contribution < 1.29 is 23.8 Å². The number of fused-ring (bicyclic) bond motifs is 1. The number of amides is 2. The molecular formula is C34H39N3O5. The Kier molecular flexibility index (Phi) is 9.31. The van der Waals surface area contributed by atoms with Crippen LogP contribution in [-0.2, 0) is 16.0 Å². The van der Waals surface area contributed by atoms with Gasteiger partial charge in [-0.3, -0.25) is 14.5 Å². The molecule has 0 spiro atoms. The first-order valence-corrected chi connectivity index (χ1v) is 14.6. The number of rotatable bonds is 11. The lowest BCUT2D eigenvalue weighted by Crippen LogP contribution is -2.47. The number of benzene rings is 3. The summed E-state index contributed by atoms with van der Waals surface area (Å²) >= 11 is 0. The van der Waals surface area contributed by atoms with Gasteiger partial charge in [-0.2, -0.15) is 0 Å². The molecule has 2 amide bonds. The molecular weight excluding hydrogens is 530 g/mol. The van der Waals surface area contributed by atoms with Crippen LogP contribution in [0.4, 0.5) is 5.69 Å². The number of para-hydroxylation sites is 1. The highest BCUT2D eigenvalue weighted by Gasteiger charge is 2.35. The van der Waals surface area contributed by atoms with Gasteiger partial charge in [0.25, 0.3) is 0 Å². The highest BCUT2D eigenvalue weighted by atomic mass is 16.5. The fourth-order valence-electron chi connectivity index (χ4n) is 5.80. The number of H-pyrrole nitrogens is 1. The highest BCUT2D eigenvalue weighted by molar-refractivity contribution is 6.03. The Balaban J connectivity index is 1.59. The normalized spacial score (nSPS) is 14.3. The fraction of sp³-hybridized carbons (Fsp3) is 0.353. The summed E-state index contributed by atoms with van der Waals surface area (Å²) in [6.07, 6.45) is 7.16. The Morgan fingerprint density at radius 3 is 2.40 bits per heavy atom. The van der Waals surface area contributed by atoms with Crippen molar-refractivity contribution in [3.05, 3.63) is 84.1 Å². The molecule has 1 unspecified atom stereocenters. The Morgan fingerprint density at radius 2 is 1.69 bits per heavy atom. The lowest BCUT2D eigenvalue weighted by molar-refractivity contribution is -0.127. The van der Waals surface area contributed by atoms with Crippen molar-refractivity contribution in [3.8, 4) is 17.2 Å². The maximum atomic E-state index is 14.4. The smallest absolute Gasteiger partial charge is 0.248 e. The van der Waals surface area contributed by atoms with Gasteiger partial charge in [-0.25, -0.2) is 0 Å². The number of nitrogens with zero attached hydrogens (tertiary/aromatic N) is 1. The zero-order valence-corrected chi connectivity index (χ0v) is 24.5. The number of methoxy groups -OCH3 is 2. The summed E-state index contributed by atoms with van der Waals surface area (Å²) in [5, 5.41) is 4.25. The maximum Gasteiger partial charge on any atom is 0.248 e. The molecule has 1 aromatic heterocycles. The molecule has 0 saturated heterocycles. The van der Waals surface area contributed by atoms with E-state index in [4.69, 9.17) is 14.2 Å². The van der Waals surface area contributed by atoms with E-state index in [0.717, 1.165) is 42.1 Å². The number of anilines is 1. The molecule has 220 valence electrons. The van der Waals surface area contributed by atoms with E-state index in [-0.39, 0.29) is 24.3 Å². The lowest BCUT2D eigenvalue weighted by Gasteiger charge is -2.34. The molecule has 0 radical (unpaired) electrons. The summed E-state index contributed by atoms with van der Waals surface area (Å²) in [6, 6.07) is 19.7. The van der Waals surface area contributed by atoms with E-state index in [9.17, 15) is 9.59 Å². The van der Waals surface area contributed by atoms with E-state index in [2.05, 4.69) is 10.3 Å². The van der Waals surface area contributed by atoms with Crippen LogP contribution < -0.4 is 24.4 Å². The van der Waals surface area contributed by atoms with Crippen molar-refractivity contribution in [1.29, 1.82) is 0 Å². The predicted molar refractivity (Wildman–Crippen MR) is 164 cm³/mol. The van der Waals surface area contributed by atoms with Crippen LogP contribution in [-0.4, -0.2) is 43.7 Å². The first-order chi connectivity index (χ1) is 20.5. The molecule has 1 fully saturated rings. The van der Waals surface area contributed by atoms with Gasteiger partial charge in [0.15, 0.2) is 11.5 Å². The predicted octanol–water partition coefficient (Wildman–Crippen LogP) is 6.35. The van der Waals surface area contributed by atoms with Crippen LogP contribution in [0, 0.1) is 0 Å². The topological polar surface area (TPSA) is 92.9 Å². The van der Waals surface area contributed by atoms with Crippen LogP contribution in [0.3, 0.4) is 0 Å². The van der Waals surface area contributed by atoms with Gasteiger partial charge < -0.3 is 24.5 Å².